The number of anilines is 1. The second kappa shape index (κ2) is 9.20. The maximum absolute atomic E-state index is 12.7. The summed E-state index contributed by atoms with van der Waals surface area (Å²) in [5, 5.41) is 19.8. The number of hydroxylamine groups is 1. The number of nitrogens with zero attached hydrogens (tertiary/aromatic N) is 1. The van der Waals surface area contributed by atoms with Crippen LogP contribution in [0.15, 0.2) is 89.8 Å². The van der Waals surface area contributed by atoms with Crippen LogP contribution in [-0.2, 0) is 14.8 Å². The molecule has 3 aromatic rings. The number of nitrogens with one attached hydrogen (secondary N) is 2. The standard InChI is InChI=1S/C21H17N3O6S/c25-21(22-26)14-20(15-6-2-1-3-7-15)16-8-4-9-17(12-16)23-31(29,30)19-11-5-10-18(13-19)24(27)28/h1-14,23,26H,(H,22,25)/b20-14-. The molecule has 3 aromatic carbocycles. The van der Waals surface area contributed by atoms with Gasteiger partial charge in [0.1, 0.15) is 0 Å². The summed E-state index contributed by atoms with van der Waals surface area (Å²) in [5.41, 5.74) is 3.01. The van der Waals surface area contributed by atoms with Crippen molar-refractivity contribution in [3.05, 3.63) is 106 Å². The zero-order valence-electron chi connectivity index (χ0n) is 15.9. The zero-order valence-corrected chi connectivity index (χ0v) is 16.7. The van der Waals surface area contributed by atoms with Crippen LogP contribution in [0.4, 0.5) is 11.4 Å². The average Bonchev–Trinajstić information content (AvgIpc) is 2.77. The van der Waals surface area contributed by atoms with Gasteiger partial charge < -0.3 is 0 Å². The molecule has 10 heteroatoms. The van der Waals surface area contributed by atoms with Crippen molar-refractivity contribution < 1.29 is 23.3 Å². The first-order valence-electron chi connectivity index (χ1n) is 8.89. The summed E-state index contributed by atoms with van der Waals surface area (Å²) in [4.78, 5) is 21.8. The molecule has 0 saturated carbocycles. The van der Waals surface area contributed by atoms with E-state index in [0.29, 0.717) is 16.7 Å². The number of carbonyl (C=O) groups excluding carboxylic acids is 1. The third kappa shape index (κ3) is 5.32. The lowest BCUT2D eigenvalue weighted by Gasteiger charge is -2.12. The number of nitro groups is 1. The second-order valence-corrected chi connectivity index (χ2v) is 8.02. The summed E-state index contributed by atoms with van der Waals surface area (Å²) in [6.45, 7) is 0. The summed E-state index contributed by atoms with van der Waals surface area (Å²) in [6, 6.07) is 19.9. The van der Waals surface area contributed by atoms with Gasteiger partial charge in [0, 0.05) is 23.9 Å². The average molecular weight is 439 g/mol. The molecule has 31 heavy (non-hydrogen) atoms. The predicted octanol–water partition coefficient (Wildman–Crippen LogP) is 3.33. The molecule has 9 nitrogen and oxygen atoms in total. The first-order valence-corrected chi connectivity index (χ1v) is 10.4. The van der Waals surface area contributed by atoms with Crippen LogP contribution < -0.4 is 10.2 Å². The summed E-state index contributed by atoms with van der Waals surface area (Å²) in [5.74, 6) is -0.749. The fourth-order valence-corrected chi connectivity index (χ4v) is 3.93. The molecule has 3 N–H and O–H groups in total. The highest BCUT2D eigenvalue weighted by Crippen LogP contribution is 2.27. The maximum Gasteiger partial charge on any atom is 0.270 e. The summed E-state index contributed by atoms with van der Waals surface area (Å²) in [7, 11) is -4.10. The van der Waals surface area contributed by atoms with Crippen LogP contribution in [0.25, 0.3) is 5.57 Å². The second-order valence-electron chi connectivity index (χ2n) is 6.34. The topological polar surface area (TPSA) is 139 Å². The van der Waals surface area contributed by atoms with Gasteiger partial charge in [-0.15, -0.1) is 0 Å². The van der Waals surface area contributed by atoms with Crippen molar-refractivity contribution in [2.45, 2.75) is 4.90 Å². The molecule has 0 aromatic heterocycles. The van der Waals surface area contributed by atoms with E-state index in [2.05, 4.69) is 4.72 Å². The summed E-state index contributed by atoms with van der Waals surface area (Å²) >= 11 is 0. The van der Waals surface area contributed by atoms with Gasteiger partial charge in [-0.2, -0.15) is 0 Å². The van der Waals surface area contributed by atoms with Crippen LogP contribution in [0.1, 0.15) is 11.1 Å². The van der Waals surface area contributed by atoms with Crippen molar-refractivity contribution in [1.82, 2.24) is 5.48 Å². The van der Waals surface area contributed by atoms with E-state index in [1.165, 1.54) is 36.4 Å². The number of hydrogen-bond acceptors (Lipinski definition) is 6. The molecular weight excluding hydrogens is 422 g/mol. The van der Waals surface area contributed by atoms with Crippen LogP contribution in [0.2, 0.25) is 0 Å². The molecule has 0 saturated heterocycles. The fraction of sp³-hybridized carbons (Fsp3) is 0. The van der Waals surface area contributed by atoms with Crippen molar-refractivity contribution in [1.29, 1.82) is 0 Å². The van der Waals surface area contributed by atoms with E-state index in [1.54, 1.807) is 47.9 Å². The van der Waals surface area contributed by atoms with Gasteiger partial charge in [0.05, 0.1) is 9.82 Å². The van der Waals surface area contributed by atoms with Gasteiger partial charge in [-0.25, -0.2) is 13.9 Å². The highest BCUT2D eigenvalue weighted by atomic mass is 32.2. The molecule has 0 aliphatic carbocycles. The summed E-state index contributed by atoms with van der Waals surface area (Å²) < 4.78 is 27.8. The Balaban J connectivity index is 1.98. The Hall–Kier alpha value is -4.02. The summed E-state index contributed by atoms with van der Waals surface area (Å²) in [6.07, 6.45) is 1.18. The van der Waals surface area contributed by atoms with E-state index in [-0.39, 0.29) is 16.3 Å². The number of rotatable bonds is 7. The first kappa shape index (κ1) is 21.7. The Labute approximate surface area is 177 Å². The molecule has 0 fully saturated rings. The third-order valence-electron chi connectivity index (χ3n) is 4.23. The molecule has 0 heterocycles. The van der Waals surface area contributed by atoms with E-state index in [9.17, 15) is 23.3 Å². The van der Waals surface area contributed by atoms with Crippen LogP contribution in [0.5, 0.6) is 0 Å². The van der Waals surface area contributed by atoms with Crippen molar-refractivity contribution in [3.8, 4) is 0 Å². The van der Waals surface area contributed by atoms with Crippen LogP contribution >= 0.6 is 0 Å². The normalized spacial score (nSPS) is 11.6. The van der Waals surface area contributed by atoms with E-state index < -0.39 is 20.9 Å². The minimum atomic E-state index is -4.10. The Morgan fingerprint density at radius 2 is 1.61 bits per heavy atom. The fourth-order valence-electron chi connectivity index (χ4n) is 2.84. The molecular formula is C21H17N3O6S. The molecule has 0 radical (unpaired) electrons. The number of carbonyl (C=O) groups is 1. The monoisotopic (exact) mass is 439 g/mol. The Morgan fingerprint density at radius 3 is 2.29 bits per heavy atom. The number of non-ortho nitro benzene ring substituents is 1. The Bertz CT molecular complexity index is 1260. The van der Waals surface area contributed by atoms with Gasteiger partial charge in [-0.1, -0.05) is 48.5 Å². The van der Waals surface area contributed by atoms with E-state index in [0.717, 1.165) is 6.07 Å². The molecule has 0 aliphatic rings. The Morgan fingerprint density at radius 1 is 0.935 bits per heavy atom. The van der Waals surface area contributed by atoms with E-state index >= 15 is 0 Å². The van der Waals surface area contributed by atoms with Crippen LogP contribution in [0.3, 0.4) is 0 Å². The van der Waals surface area contributed by atoms with Crippen molar-refractivity contribution in [3.63, 3.8) is 0 Å². The molecule has 0 spiro atoms. The number of amides is 1. The lowest BCUT2D eigenvalue weighted by Crippen LogP contribution is -2.16. The lowest BCUT2D eigenvalue weighted by molar-refractivity contribution is -0.385. The lowest BCUT2D eigenvalue weighted by atomic mass is 9.97. The number of benzene rings is 3. The van der Waals surface area contributed by atoms with Crippen LogP contribution in [-0.4, -0.2) is 24.5 Å². The number of hydrogen-bond donors (Lipinski definition) is 3. The van der Waals surface area contributed by atoms with Gasteiger partial charge in [0.15, 0.2) is 0 Å². The zero-order chi connectivity index (χ0) is 22.4. The SMILES string of the molecule is O=C(/C=C(/c1ccccc1)c1cccc(NS(=O)(=O)c2cccc([N+](=O)[O-])c2)c1)NO. The molecule has 3 rings (SSSR count). The highest BCUT2D eigenvalue weighted by Gasteiger charge is 2.18. The van der Waals surface area contributed by atoms with Gasteiger partial charge in [0.25, 0.3) is 21.6 Å². The van der Waals surface area contributed by atoms with Gasteiger partial charge in [0.2, 0.25) is 0 Å². The highest BCUT2D eigenvalue weighted by molar-refractivity contribution is 7.92. The van der Waals surface area contributed by atoms with Crippen LogP contribution in [0, 0.1) is 10.1 Å². The third-order valence-corrected chi connectivity index (χ3v) is 5.61. The van der Waals surface area contributed by atoms with E-state index in [4.69, 9.17) is 5.21 Å². The van der Waals surface area contributed by atoms with E-state index in [1.807, 2.05) is 0 Å². The minimum Gasteiger partial charge on any atom is -0.288 e. The first-order chi connectivity index (χ1) is 14.8. The Kier molecular flexibility index (Phi) is 6.43. The molecule has 158 valence electrons. The molecule has 0 aliphatic heterocycles. The number of nitro benzene ring substituents is 1. The molecule has 0 bridgehead atoms. The number of sulfonamides is 1. The smallest absolute Gasteiger partial charge is 0.270 e. The van der Waals surface area contributed by atoms with Gasteiger partial charge >= 0.3 is 0 Å². The van der Waals surface area contributed by atoms with Crippen molar-refractivity contribution >= 4 is 32.9 Å². The molecule has 0 unspecified atom stereocenters. The largest absolute Gasteiger partial charge is 0.288 e. The van der Waals surface area contributed by atoms with Crippen molar-refractivity contribution in [2.75, 3.05) is 4.72 Å². The quantitative estimate of drug-likeness (QED) is 0.223. The predicted molar refractivity (Wildman–Crippen MR) is 114 cm³/mol. The molecule has 1 amide bonds. The van der Waals surface area contributed by atoms with Gasteiger partial charge in [-0.3, -0.25) is 24.8 Å². The van der Waals surface area contributed by atoms with Gasteiger partial charge in [-0.05, 0) is 34.9 Å². The minimum absolute atomic E-state index is 0.190. The molecule has 0 atom stereocenters. The van der Waals surface area contributed by atoms with Crippen molar-refractivity contribution in [2.24, 2.45) is 0 Å². The maximum atomic E-state index is 12.7.